The van der Waals surface area contributed by atoms with Crippen molar-refractivity contribution in [2.75, 3.05) is 0 Å². The lowest BCUT2D eigenvalue weighted by molar-refractivity contribution is 0.183. The summed E-state index contributed by atoms with van der Waals surface area (Å²) in [5.41, 5.74) is 2.47. The third-order valence-corrected chi connectivity index (χ3v) is 4.00. The molecule has 3 aromatic rings. The van der Waals surface area contributed by atoms with Crippen LogP contribution in [0.25, 0.3) is 0 Å². The van der Waals surface area contributed by atoms with Crippen molar-refractivity contribution in [1.29, 1.82) is 0 Å². The third-order valence-electron chi connectivity index (χ3n) is 4.00. The van der Waals surface area contributed by atoms with E-state index in [2.05, 4.69) is 65.3 Å². The zero-order valence-electron chi connectivity index (χ0n) is 14.2. The average Bonchev–Trinajstić information content (AvgIpc) is 3.03. The molecule has 0 aliphatic carbocycles. The molecule has 0 radical (unpaired) electrons. The first-order valence-electron chi connectivity index (χ1n) is 8.34. The zero-order chi connectivity index (χ0) is 16.8. The van der Waals surface area contributed by atoms with Gasteiger partial charge in [-0.3, -0.25) is 4.90 Å². The van der Waals surface area contributed by atoms with E-state index in [1.165, 1.54) is 11.1 Å². The van der Waals surface area contributed by atoms with Crippen molar-refractivity contribution in [3.8, 4) is 0 Å². The summed E-state index contributed by atoms with van der Waals surface area (Å²) in [4.78, 5) is 2.33. The topological polar surface area (TPSA) is 42.2 Å². The molecule has 1 heterocycles. The number of aromatic nitrogens is 2. The first kappa shape index (κ1) is 16.4. The molecular formula is C20H23N3O. The van der Waals surface area contributed by atoms with Gasteiger partial charge in [0, 0.05) is 12.6 Å². The van der Waals surface area contributed by atoms with Gasteiger partial charge in [0.15, 0.2) is 0 Å². The van der Waals surface area contributed by atoms with Crippen LogP contribution in [0.15, 0.2) is 65.1 Å². The van der Waals surface area contributed by atoms with Gasteiger partial charge < -0.3 is 4.42 Å². The second kappa shape index (κ2) is 7.88. The molecule has 0 aliphatic rings. The van der Waals surface area contributed by atoms with Gasteiger partial charge in [0.05, 0.1) is 13.0 Å². The Hall–Kier alpha value is -2.46. The Kier molecular flexibility index (Phi) is 5.39. The van der Waals surface area contributed by atoms with Crippen LogP contribution in [0.4, 0.5) is 0 Å². The van der Waals surface area contributed by atoms with E-state index in [-0.39, 0.29) is 0 Å². The second-order valence-corrected chi connectivity index (χ2v) is 6.24. The molecule has 4 heteroatoms. The molecule has 0 fully saturated rings. The normalized spacial score (nSPS) is 11.3. The Morgan fingerprint density at radius 3 is 2.00 bits per heavy atom. The van der Waals surface area contributed by atoms with Crippen molar-refractivity contribution in [2.45, 2.75) is 39.4 Å². The van der Waals surface area contributed by atoms with E-state index < -0.39 is 0 Å². The van der Waals surface area contributed by atoms with Crippen molar-refractivity contribution >= 4 is 0 Å². The minimum Gasteiger partial charge on any atom is -0.424 e. The standard InChI is InChI=1S/C20H23N3O/c1-16(2)23(14-18-11-7-4-8-12-18)15-20-22-21-19(24-20)13-17-9-5-3-6-10-17/h3-12,16H,13-15H2,1-2H3. The van der Waals surface area contributed by atoms with Crippen LogP contribution in [0.1, 0.15) is 36.8 Å². The summed E-state index contributed by atoms with van der Waals surface area (Å²) in [5, 5.41) is 8.41. The highest BCUT2D eigenvalue weighted by atomic mass is 16.4. The van der Waals surface area contributed by atoms with Crippen LogP contribution in [-0.2, 0) is 19.5 Å². The third kappa shape index (κ3) is 4.52. The number of hydrogen-bond acceptors (Lipinski definition) is 4. The maximum atomic E-state index is 5.84. The van der Waals surface area contributed by atoms with E-state index in [1.807, 2.05) is 24.3 Å². The van der Waals surface area contributed by atoms with E-state index in [9.17, 15) is 0 Å². The molecule has 0 bridgehead atoms. The quantitative estimate of drug-likeness (QED) is 0.658. The van der Waals surface area contributed by atoms with Crippen LogP contribution in [0.2, 0.25) is 0 Å². The molecular weight excluding hydrogens is 298 g/mol. The average molecular weight is 321 g/mol. The van der Waals surface area contributed by atoms with Crippen LogP contribution < -0.4 is 0 Å². The van der Waals surface area contributed by atoms with Crippen molar-refractivity contribution < 1.29 is 4.42 Å². The maximum Gasteiger partial charge on any atom is 0.230 e. The van der Waals surface area contributed by atoms with E-state index in [1.54, 1.807) is 0 Å². The predicted molar refractivity (Wildman–Crippen MR) is 94.4 cm³/mol. The predicted octanol–water partition coefficient (Wildman–Crippen LogP) is 4.07. The lowest BCUT2D eigenvalue weighted by Gasteiger charge is -2.24. The molecule has 0 saturated heterocycles. The Morgan fingerprint density at radius 2 is 1.38 bits per heavy atom. The summed E-state index contributed by atoms with van der Waals surface area (Å²) in [6.45, 7) is 5.90. The van der Waals surface area contributed by atoms with Gasteiger partial charge in [0.25, 0.3) is 0 Å². The minimum atomic E-state index is 0.398. The van der Waals surface area contributed by atoms with Crippen LogP contribution in [0.5, 0.6) is 0 Å². The van der Waals surface area contributed by atoms with E-state index in [0.717, 1.165) is 6.54 Å². The van der Waals surface area contributed by atoms with Gasteiger partial charge in [-0.05, 0) is 25.0 Å². The van der Waals surface area contributed by atoms with E-state index in [0.29, 0.717) is 30.8 Å². The SMILES string of the molecule is CC(C)N(Cc1ccccc1)Cc1nnc(Cc2ccccc2)o1. The van der Waals surface area contributed by atoms with Crippen molar-refractivity contribution in [1.82, 2.24) is 15.1 Å². The summed E-state index contributed by atoms with van der Waals surface area (Å²) >= 11 is 0. The Balaban J connectivity index is 1.65. The van der Waals surface area contributed by atoms with Gasteiger partial charge in [-0.2, -0.15) is 0 Å². The lowest BCUT2D eigenvalue weighted by atomic mass is 10.2. The number of nitrogens with zero attached hydrogens (tertiary/aromatic N) is 3. The zero-order valence-corrected chi connectivity index (χ0v) is 14.2. The van der Waals surface area contributed by atoms with Crippen molar-refractivity contribution in [3.05, 3.63) is 83.6 Å². The summed E-state index contributed by atoms with van der Waals surface area (Å²) < 4.78 is 5.84. The molecule has 0 spiro atoms. The first-order chi connectivity index (χ1) is 11.7. The van der Waals surface area contributed by atoms with Crippen molar-refractivity contribution in [3.63, 3.8) is 0 Å². The molecule has 124 valence electrons. The smallest absolute Gasteiger partial charge is 0.230 e. The van der Waals surface area contributed by atoms with Gasteiger partial charge in [-0.25, -0.2) is 0 Å². The molecule has 1 aromatic heterocycles. The lowest BCUT2D eigenvalue weighted by Crippen LogP contribution is -2.29. The molecule has 24 heavy (non-hydrogen) atoms. The van der Waals surface area contributed by atoms with Gasteiger partial charge >= 0.3 is 0 Å². The van der Waals surface area contributed by atoms with Crippen LogP contribution in [0.3, 0.4) is 0 Å². The minimum absolute atomic E-state index is 0.398. The molecule has 0 saturated carbocycles. The monoisotopic (exact) mass is 321 g/mol. The number of rotatable bonds is 7. The van der Waals surface area contributed by atoms with E-state index >= 15 is 0 Å². The number of hydrogen-bond donors (Lipinski definition) is 0. The fourth-order valence-corrected chi connectivity index (χ4v) is 2.61. The van der Waals surface area contributed by atoms with E-state index in [4.69, 9.17) is 4.42 Å². The highest BCUT2D eigenvalue weighted by Gasteiger charge is 2.15. The summed E-state index contributed by atoms with van der Waals surface area (Å²) in [6.07, 6.45) is 0.675. The largest absolute Gasteiger partial charge is 0.424 e. The Morgan fingerprint density at radius 1 is 0.792 bits per heavy atom. The molecule has 0 unspecified atom stereocenters. The molecule has 4 nitrogen and oxygen atoms in total. The molecule has 3 rings (SSSR count). The Bertz CT molecular complexity index is 738. The summed E-state index contributed by atoms with van der Waals surface area (Å²) in [7, 11) is 0. The van der Waals surface area contributed by atoms with Crippen LogP contribution >= 0.6 is 0 Å². The number of benzene rings is 2. The van der Waals surface area contributed by atoms with Gasteiger partial charge in [0.1, 0.15) is 0 Å². The van der Waals surface area contributed by atoms with Crippen molar-refractivity contribution in [2.24, 2.45) is 0 Å². The fraction of sp³-hybridized carbons (Fsp3) is 0.300. The molecule has 0 atom stereocenters. The Labute approximate surface area is 143 Å². The fourth-order valence-electron chi connectivity index (χ4n) is 2.61. The maximum absolute atomic E-state index is 5.84. The summed E-state index contributed by atoms with van der Waals surface area (Å²) in [6, 6.07) is 21.0. The van der Waals surface area contributed by atoms with Gasteiger partial charge in [-0.1, -0.05) is 60.7 Å². The molecule has 0 N–H and O–H groups in total. The molecule has 2 aromatic carbocycles. The summed E-state index contributed by atoms with van der Waals surface area (Å²) in [5.74, 6) is 1.34. The van der Waals surface area contributed by atoms with Gasteiger partial charge in [0.2, 0.25) is 11.8 Å². The molecule has 0 aliphatic heterocycles. The first-order valence-corrected chi connectivity index (χ1v) is 8.34. The highest BCUT2D eigenvalue weighted by Crippen LogP contribution is 2.14. The van der Waals surface area contributed by atoms with Crippen LogP contribution in [-0.4, -0.2) is 21.1 Å². The van der Waals surface area contributed by atoms with Gasteiger partial charge in [-0.15, -0.1) is 10.2 Å². The molecule has 0 amide bonds. The highest BCUT2D eigenvalue weighted by molar-refractivity contribution is 5.18. The second-order valence-electron chi connectivity index (χ2n) is 6.24. The van der Waals surface area contributed by atoms with Crippen LogP contribution in [0, 0.1) is 0 Å².